The topological polar surface area (TPSA) is 76.7 Å². The summed E-state index contributed by atoms with van der Waals surface area (Å²) in [6.45, 7) is 4.35. The van der Waals surface area contributed by atoms with Crippen molar-refractivity contribution in [2.24, 2.45) is 0 Å². The molecular formula is C25H25FN2O4S. The first-order valence-corrected chi connectivity index (χ1v) is 11.5. The van der Waals surface area contributed by atoms with Gasteiger partial charge in [-0.25, -0.2) is 4.39 Å². The zero-order valence-electron chi connectivity index (χ0n) is 18.4. The molecule has 0 aliphatic carbocycles. The van der Waals surface area contributed by atoms with E-state index in [-0.39, 0.29) is 23.4 Å². The molecule has 0 atom stereocenters. The third kappa shape index (κ3) is 6.73. The first-order chi connectivity index (χ1) is 16.0. The zero-order chi connectivity index (χ0) is 23.6. The first-order valence-electron chi connectivity index (χ1n) is 10.5. The number of carbonyl (C=O) groups is 2. The Kier molecular flexibility index (Phi) is 8.71. The van der Waals surface area contributed by atoms with E-state index < -0.39 is 0 Å². The van der Waals surface area contributed by atoms with Gasteiger partial charge in [0.25, 0.3) is 5.91 Å². The lowest BCUT2D eigenvalue weighted by Gasteiger charge is -2.18. The maximum absolute atomic E-state index is 13.8. The maximum Gasteiger partial charge on any atom is 0.255 e. The molecule has 0 spiro atoms. The summed E-state index contributed by atoms with van der Waals surface area (Å²) in [7, 11) is 0. The Bertz CT molecular complexity index is 1110. The zero-order valence-corrected chi connectivity index (χ0v) is 19.2. The van der Waals surface area contributed by atoms with Crippen LogP contribution >= 0.6 is 11.8 Å². The Balaban J connectivity index is 1.80. The van der Waals surface area contributed by atoms with Gasteiger partial charge in [-0.05, 0) is 38.1 Å². The fourth-order valence-corrected chi connectivity index (χ4v) is 3.72. The van der Waals surface area contributed by atoms with Crippen LogP contribution < -0.4 is 20.1 Å². The van der Waals surface area contributed by atoms with Crippen molar-refractivity contribution in [3.63, 3.8) is 0 Å². The van der Waals surface area contributed by atoms with Gasteiger partial charge in [-0.15, -0.1) is 11.8 Å². The Morgan fingerprint density at radius 2 is 1.42 bits per heavy atom. The summed E-state index contributed by atoms with van der Waals surface area (Å²) in [4.78, 5) is 25.6. The molecule has 0 aromatic heterocycles. The van der Waals surface area contributed by atoms with E-state index in [1.54, 1.807) is 54.6 Å². The van der Waals surface area contributed by atoms with Gasteiger partial charge < -0.3 is 20.1 Å². The molecule has 172 valence electrons. The minimum Gasteiger partial charge on any atom is -0.492 e. The number of hydrogen-bond acceptors (Lipinski definition) is 5. The van der Waals surface area contributed by atoms with Crippen LogP contribution in [0.3, 0.4) is 0 Å². The molecule has 0 heterocycles. The fourth-order valence-electron chi connectivity index (χ4n) is 2.98. The molecule has 0 bridgehead atoms. The normalized spacial score (nSPS) is 10.4. The quantitative estimate of drug-likeness (QED) is 0.379. The number of nitrogens with one attached hydrogen (secondary N) is 2. The van der Waals surface area contributed by atoms with E-state index in [1.807, 2.05) is 19.9 Å². The summed E-state index contributed by atoms with van der Waals surface area (Å²) >= 11 is 1.10. The van der Waals surface area contributed by atoms with Gasteiger partial charge in [0.15, 0.2) is 0 Å². The average molecular weight is 469 g/mol. The van der Waals surface area contributed by atoms with E-state index in [0.717, 1.165) is 11.8 Å². The summed E-state index contributed by atoms with van der Waals surface area (Å²) < 4.78 is 25.2. The maximum atomic E-state index is 13.8. The third-order valence-corrected chi connectivity index (χ3v) is 5.48. The number of ether oxygens (including phenoxy) is 2. The van der Waals surface area contributed by atoms with Gasteiger partial charge in [0, 0.05) is 22.6 Å². The van der Waals surface area contributed by atoms with E-state index in [2.05, 4.69) is 10.6 Å². The summed E-state index contributed by atoms with van der Waals surface area (Å²) in [5, 5.41) is 5.64. The van der Waals surface area contributed by atoms with Gasteiger partial charge in [-0.3, -0.25) is 9.59 Å². The molecular weight excluding hydrogens is 443 g/mol. The molecule has 0 radical (unpaired) electrons. The second-order valence-corrected chi connectivity index (χ2v) is 7.82. The van der Waals surface area contributed by atoms with Gasteiger partial charge >= 0.3 is 0 Å². The van der Waals surface area contributed by atoms with E-state index in [4.69, 9.17) is 9.47 Å². The second kappa shape index (κ2) is 11.9. The van der Waals surface area contributed by atoms with E-state index >= 15 is 0 Å². The molecule has 0 unspecified atom stereocenters. The summed E-state index contributed by atoms with van der Waals surface area (Å²) in [6.07, 6.45) is 0. The van der Waals surface area contributed by atoms with Crippen molar-refractivity contribution in [2.75, 3.05) is 29.6 Å². The van der Waals surface area contributed by atoms with E-state index in [1.165, 1.54) is 6.07 Å². The highest BCUT2D eigenvalue weighted by atomic mass is 32.2. The predicted molar refractivity (Wildman–Crippen MR) is 129 cm³/mol. The molecule has 2 N–H and O–H groups in total. The Hall–Kier alpha value is -3.52. The second-order valence-electron chi connectivity index (χ2n) is 6.80. The number of amides is 2. The molecule has 3 aromatic carbocycles. The molecule has 6 nitrogen and oxygen atoms in total. The smallest absolute Gasteiger partial charge is 0.255 e. The van der Waals surface area contributed by atoms with Crippen molar-refractivity contribution in [3.05, 3.63) is 78.1 Å². The van der Waals surface area contributed by atoms with Gasteiger partial charge in [0.05, 0.1) is 30.3 Å². The lowest BCUT2D eigenvalue weighted by molar-refractivity contribution is -0.113. The standard InChI is InChI=1S/C25H25FN2O4S/c1-3-31-21-15-20(28-25(30)17-10-6-5-7-11-17)22(32-4-2)14-19(21)27-24(29)16-33-23-13-9-8-12-18(23)26/h5-15H,3-4,16H2,1-2H3,(H,27,29)(H,28,30). The molecule has 33 heavy (non-hydrogen) atoms. The summed E-state index contributed by atoms with van der Waals surface area (Å²) in [5.41, 5.74) is 1.32. The average Bonchev–Trinajstić information content (AvgIpc) is 2.82. The van der Waals surface area contributed by atoms with Crippen molar-refractivity contribution in [1.82, 2.24) is 0 Å². The molecule has 8 heteroatoms. The van der Waals surface area contributed by atoms with Crippen LogP contribution in [-0.2, 0) is 4.79 Å². The van der Waals surface area contributed by atoms with Crippen LogP contribution in [0.15, 0.2) is 71.6 Å². The number of rotatable bonds is 10. The molecule has 0 aliphatic heterocycles. The van der Waals surface area contributed by atoms with Crippen LogP contribution in [0.2, 0.25) is 0 Å². The summed E-state index contributed by atoms with van der Waals surface area (Å²) in [5.74, 6) is -0.203. The Morgan fingerprint density at radius 1 is 0.848 bits per heavy atom. The minimum atomic E-state index is -0.373. The van der Waals surface area contributed by atoms with Crippen molar-refractivity contribution in [1.29, 1.82) is 0 Å². The van der Waals surface area contributed by atoms with Crippen molar-refractivity contribution >= 4 is 35.0 Å². The molecule has 0 saturated carbocycles. The SMILES string of the molecule is CCOc1cc(NC(=O)c2ccccc2)c(OCC)cc1NC(=O)CSc1ccccc1F. The highest BCUT2D eigenvalue weighted by Gasteiger charge is 2.17. The minimum absolute atomic E-state index is 0.0168. The largest absolute Gasteiger partial charge is 0.492 e. The lowest BCUT2D eigenvalue weighted by atomic mass is 10.2. The van der Waals surface area contributed by atoms with Crippen molar-refractivity contribution < 1.29 is 23.5 Å². The number of thioether (sulfide) groups is 1. The van der Waals surface area contributed by atoms with Crippen molar-refractivity contribution in [3.8, 4) is 11.5 Å². The van der Waals surface area contributed by atoms with Crippen LogP contribution in [-0.4, -0.2) is 30.8 Å². The number of carbonyl (C=O) groups excluding carboxylic acids is 2. The number of hydrogen-bond donors (Lipinski definition) is 2. The number of benzene rings is 3. The molecule has 0 saturated heterocycles. The monoisotopic (exact) mass is 468 g/mol. The van der Waals surface area contributed by atoms with Crippen LogP contribution in [0.25, 0.3) is 0 Å². The molecule has 3 aromatic rings. The molecule has 0 aliphatic rings. The number of halogens is 1. The summed E-state index contributed by atoms with van der Waals surface area (Å²) in [6, 6.07) is 18.3. The van der Waals surface area contributed by atoms with Crippen LogP contribution in [0.1, 0.15) is 24.2 Å². The third-order valence-electron chi connectivity index (χ3n) is 4.44. The fraction of sp³-hybridized carbons (Fsp3) is 0.200. The molecule has 3 rings (SSSR count). The van der Waals surface area contributed by atoms with Crippen LogP contribution in [0.5, 0.6) is 11.5 Å². The first kappa shape index (κ1) is 24.1. The van der Waals surface area contributed by atoms with Crippen molar-refractivity contribution in [2.45, 2.75) is 18.7 Å². The van der Waals surface area contributed by atoms with Gasteiger partial charge in [-0.1, -0.05) is 30.3 Å². The number of anilines is 2. The van der Waals surface area contributed by atoms with E-state index in [0.29, 0.717) is 46.5 Å². The molecule has 2 amide bonds. The highest BCUT2D eigenvalue weighted by molar-refractivity contribution is 8.00. The predicted octanol–water partition coefficient (Wildman–Crippen LogP) is 5.61. The van der Waals surface area contributed by atoms with Gasteiger partial charge in [0.2, 0.25) is 5.91 Å². The highest BCUT2D eigenvalue weighted by Crippen LogP contribution is 2.37. The van der Waals surface area contributed by atoms with Crippen LogP contribution in [0.4, 0.5) is 15.8 Å². The van der Waals surface area contributed by atoms with E-state index in [9.17, 15) is 14.0 Å². The molecule has 0 fully saturated rings. The lowest BCUT2D eigenvalue weighted by Crippen LogP contribution is -2.17. The van der Waals surface area contributed by atoms with Gasteiger partial charge in [-0.2, -0.15) is 0 Å². The van der Waals surface area contributed by atoms with Gasteiger partial charge in [0.1, 0.15) is 17.3 Å². The Morgan fingerprint density at radius 3 is 2.03 bits per heavy atom. The van der Waals surface area contributed by atoms with Crippen LogP contribution in [0, 0.1) is 5.82 Å². The Labute approximate surface area is 196 Å².